The Bertz CT molecular complexity index is 1110. The second-order valence-corrected chi connectivity index (χ2v) is 5.70. The first-order valence-electron chi connectivity index (χ1n) is 7.98. The van der Waals surface area contributed by atoms with Crippen LogP contribution in [0.4, 0.5) is 18.9 Å². The Hall–Kier alpha value is -3.69. The molecule has 28 heavy (non-hydrogen) atoms. The molecule has 3 aromatic rings. The number of nitrogens with zero attached hydrogens (tertiary/aromatic N) is 2. The van der Waals surface area contributed by atoms with Gasteiger partial charge in [-0.15, -0.1) is 0 Å². The van der Waals surface area contributed by atoms with Gasteiger partial charge in [0, 0.05) is 12.4 Å². The van der Waals surface area contributed by atoms with E-state index in [1.54, 1.807) is 23.5 Å². The van der Waals surface area contributed by atoms with E-state index < -0.39 is 30.1 Å². The van der Waals surface area contributed by atoms with Gasteiger partial charge in [-0.25, -0.2) is 4.98 Å². The van der Waals surface area contributed by atoms with Gasteiger partial charge in [-0.1, -0.05) is 18.2 Å². The fraction of sp³-hybridized carbons (Fsp3) is 0.111. The SMILES string of the molecule is O=C(NCC(F)(F)F)c1ccccc1NC(=O)c1cnc2ccccn2c1=O. The van der Waals surface area contributed by atoms with Crippen LogP contribution in [0, 0.1) is 0 Å². The van der Waals surface area contributed by atoms with Crippen molar-refractivity contribution in [3.8, 4) is 0 Å². The number of para-hydroxylation sites is 1. The molecule has 0 aliphatic carbocycles. The molecule has 1 aromatic carbocycles. The molecule has 2 amide bonds. The predicted octanol–water partition coefficient (Wildman–Crippen LogP) is 2.24. The molecule has 0 aliphatic heterocycles. The number of pyridine rings is 1. The van der Waals surface area contributed by atoms with Crippen LogP contribution >= 0.6 is 0 Å². The highest BCUT2D eigenvalue weighted by atomic mass is 19.4. The number of carbonyl (C=O) groups excluding carboxylic acids is 2. The molecule has 10 heteroatoms. The molecule has 3 rings (SSSR count). The van der Waals surface area contributed by atoms with Gasteiger partial charge in [0.15, 0.2) is 0 Å². The summed E-state index contributed by atoms with van der Waals surface area (Å²) in [6.07, 6.45) is -2.03. The lowest BCUT2D eigenvalue weighted by molar-refractivity contribution is -0.123. The summed E-state index contributed by atoms with van der Waals surface area (Å²) in [4.78, 5) is 41.0. The summed E-state index contributed by atoms with van der Waals surface area (Å²) in [7, 11) is 0. The molecule has 2 aromatic heterocycles. The fourth-order valence-electron chi connectivity index (χ4n) is 2.44. The van der Waals surface area contributed by atoms with Crippen molar-refractivity contribution in [1.82, 2.24) is 14.7 Å². The number of anilines is 1. The molecule has 0 fully saturated rings. The van der Waals surface area contributed by atoms with Crippen LogP contribution in [0.2, 0.25) is 0 Å². The van der Waals surface area contributed by atoms with Crippen LogP contribution < -0.4 is 16.2 Å². The maximum atomic E-state index is 12.5. The van der Waals surface area contributed by atoms with E-state index in [4.69, 9.17) is 0 Å². The van der Waals surface area contributed by atoms with E-state index in [1.165, 1.54) is 34.9 Å². The summed E-state index contributed by atoms with van der Waals surface area (Å²) in [6, 6.07) is 10.4. The summed E-state index contributed by atoms with van der Waals surface area (Å²) < 4.78 is 38.1. The Morgan fingerprint density at radius 3 is 2.46 bits per heavy atom. The maximum absolute atomic E-state index is 12.5. The minimum absolute atomic E-state index is 0.0373. The maximum Gasteiger partial charge on any atom is 0.405 e. The van der Waals surface area contributed by atoms with Crippen molar-refractivity contribution in [3.05, 3.63) is 76.3 Å². The van der Waals surface area contributed by atoms with E-state index in [-0.39, 0.29) is 16.8 Å². The van der Waals surface area contributed by atoms with Crippen LogP contribution in [0.25, 0.3) is 5.65 Å². The molecule has 0 aliphatic rings. The zero-order chi connectivity index (χ0) is 20.3. The molecule has 0 saturated carbocycles. The molecule has 0 bridgehead atoms. The highest BCUT2D eigenvalue weighted by Crippen LogP contribution is 2.17. The predicted molar refractivity (Wildman–Crippen MR) is 94.2 cm³/mol. The summed E-state index contributed by atoms with van der Waals surface area (Å²) in [5.74, 6) is -1.85. The largest absolute Gasteiger partial charge is 0.405 e. The minimum atomic E-state index is -4.57. The summed E-state index contributed by atoms with van der Waals surface area (Å²) in [5.41, 5.74) is -0.772. The van der Waals surface area contributed by atoms with Crippen molar-refractivity contribution in [2.45, 2.75) is 6.18 Å². The Balaban J connectivity index is 1.87. The van der Waals surface area contributed by atoms with Gasteiger partial charge in [0.05, 0.1) is 11.3 Å². The standard InChI is InChI=1S/C18H13F3N4O3/c19-18(20,21)10-23-15(26)11-5-1-2-6-13(11)24-16(27)12-9-22-14-7-3-4-8-25(14)17(12)28/h1-9H,10H2,(H,23,26)(H,24,27). The highest BCUT2D eigenvalue weighted by Gasteiger charge is 2.28. The van der Waals surface area contributed by atoms with Crippen molar-refractivity contribution < 1.29 is 22.8 Å². The van der Waals surface area contributed by atoms with Crippen molar-refractivity contribution in [3.63, 3.8) is 0 Å². The number of aromatic nitrogens is 2. The number of hydrogen-bond acceptors (Lipinski definition) is 4. The van der Waals surface area contributed by atoms with Crippen LogP contribution in [0.15, 0.2) is 59.7 Å². The summed E-state index contributed by atoms with van der Waals surface area (Å²) in [5, 5.41) is 4.11. The Labute approximate surface area is 155 Å². The molecule has 0 unspecified atom stereocenters. The van der Waals surface area contributed by atoms with Crippen molar-refractivity contribution in [2.75, 3.05) is 11.9 Å². The number of amides is 2. The van der Waals surface area contributed by atoms with Gasteiger partial charge in [-0.05, 0) is 24.3 Å². The monoisotopic (exact) mass is 390 g/mol. The average Bonchev–Trinajstić information content (AvgIpc) is 2.66. The highest BCUT2D eigenvalue weighted by molar-refractivity contribution is 6.08. The zero-order valence-electron chi connectivity index (χ0n) is 14.2. The lowest BCUT2D eigenvalue weighted by Crippen LogP contribution is -2.34. The van der Waals surface area contributed by atoms with Crippen molar-refractivity contribution in [2.24, 2.45) is 0 Å². The molecule has 0 radical (unpaired) electrons. The van der Waals surface area contributed by atoms with Gasteiger partial charge >= 0.3 is 6.18 Å². The number of fused-ring (bicyclic) bond motifs is 1. The Morgan fingerprint density at radius 1 is 1.00 bits per heavy atom. The van der Waals surface area contributed by atoms with Crippen LogP contribution in [-0.4, -0.2) is 33.9 Å². The summed E-state index contributed by atoms with van der Waals surface area (Å²) in [6.45, 7) is -1.51. The first kappa shape index (κ1) is 19.1. The number of benzene rings is 1. The third-order valence-corrected chi connectivity index (χ3v) is 3.73. The van der Waals surface area contributed by atoms with Gasteiger partial charge in [0.2, 0.25) is 0 Å². The van der Waals surface area contributed by atoms with E-state index in [0.717, 1.165) is 6.20 Å². The van der Waals surface area contributed by atoms with Gasteiger partial charge in [-0.3, -0.25) is 18.8 Å². The number of hydrogen-bond donors (Lipinski definition) is 2. The second-order valence-electron chi connectivity index (χ2n) is 5.70. The average molecular weight is 390 g/mol. The smallest absolute Gasteiger partial charge is 0.343 e. The Morgan fingerprint density at radius 2 is 1.71 bits per heavy atom. The first-order valence-corrected chi connectivity index (χ1v) is 7.98. The number of nitrogens with one attached hydrogen (secondary N) is 2. The molecule has 0 spiro atoms. The lowest BCUT2D eigenvalue weighted by atomic mass is 10.1. The Kier molecular flexibility index (Phi) is 5.12. The van der Waals surface area contributed by atoms with E-state index in [2.05, 4.69) is 10.3 Å². The molecule has 0 saturated heterocycles. The van der Waals surface area contributed by atoms with Crippen LogP contribution in [-0.2, 0) is 0 Å². The fourth-order valence-corrected chi connectivity index (χ4v) is 2.44. The molecule has 2 heterocycles. The van der Waals surface area contributed by atoms with Crippen molar-refractivity contribution in [1.29, 1.82) is 0 Å². The van der Waals surface area contributed by atoms with E-state index in [1.807, 2.05) is 0 Å². The molecule has 2 N–H and O–H groups in total. The lowest BCUT2D eigenvalue weighted by Gasteiger charge is -2.12. The first-order chi connectivity index (χ1) is 13.3. The minimum Gasteiger partial charge on any atom is -0.343 e. The molecule has 144 valence electrons. The summed E-state index contributed by atoms with van der Waals surface area (Å²) >= 11 is 0. The third-order valence-electron chi connectivity index (χ3n) is 3.73. The van der Waals surface area contributed by atoms with Gasteiger partial charge < -0.3 is 10.6 Å². The zero-order valence-corrected chi connectivity index (χ0v) is 14.2. The second kappa shape index (κ2) is 7.51. The number of rotatable bonds is 4. The molecule has 7 nitrogen and oxygen atoms in total. The normalized spacial score (nSPS) is 11.2. The molecular formula is C18H13F3N4O3. The molecule has 0 atom stereocenters. The number of carbonyl (C=O) groups is 2. The van der Waals surface area contributed by atoms with E-state index in [9.17, 15) is 27.6 Å². The number of halogens is 3. The van der Waals surface area contributed by atoms with Crippen LogP contribution in [0.5, 0.6) is 0 Å². The van der Waals surface area contributed by atoms with Gasteiger partial charge in [0.25, 0.3) is 17.4 Å². The number of alkyl halides is 3. The third kappa shape index (κ3) is 4.17. The van der Waals surface area contributed by atoms with Crippen LogP contribution in [0.1, 0.15) is 20.7 Å². The molecular weight excluding hydrogens is 377 g/mol. The topological polar surface area (TPSA) is 92.6 Å². The van der Waals surface area contributed by atoms with Crippen LogP contribution in [0.3, 0.4) is 0 Å². The van der Waals surface area contributed by atoms with Crippen molar-refractivity contribution >= 4 is 23.1 Å². The van der Waals surface area contributed by atoms with E-state index in [0.29, 0.717) is 5.65 Å². The van der Waals surface area contributed by atoms with E-state index >= 15 is 0 Å². The van der Waals surface area contributed by atoms with Gasteiger partial charge in [0.1, 0.15) is 17.8 Å². The van der Waals surface area contributed by atoms with Gasteiger partial charge in [-0.2, -0.15) is 13.2 Å². The quantitative estimate of drug-likeness (QED) is 0.715.